The molecule has 4 rings (SSSR count). The molecule has 11 nitrogen and oxygen atoms in total. The first-order valence-electron chi connectivity index (χ1n) is 12.6. The molecule has 3 aromatic rings. The number of anilines is 1. The summed E-state index contributed by atoms with van der Waals surface area (Å²) in [6.07, 6.45) is -0.986. The Balaban J connectivity index is 1.85. The summed E-state index contributed by atoms with van der Waals surface area (Å²) in [5.74, 6) is -2.75. The molecule has 2 heterocycles. The number of sulfone groups is 1. The highest BCUT2D eigenvalue weighted by molar-refractivity contribution is 7.91. The van der Waals surface area contributed by atoms with E-state index in [2.05, 4.69) is 15.5 Å². The summed E-state index contributed by atoms with van der Waals surface area (Å²) in [5.41, 5.74) is -1.62. The first kappa shape index (κ1) is 30.4. The van der Waals surface area contributed by atoms with E-state index in [1.54, 1.807) is 58.9 Å². The maximum absolute atomic E-state index is 15.5. The van der Waals surface area contributed by atoms with Gasteiger partial charge in [-0.05, 0) is 50.6 Å². The number of aliphatic hydroxyl groups excluding tert-OH is 1. The van der Waals surface area contributed by atoms with Crippen LogP contribution in [0.3, 0.4) is 0 Å². The zero-order valence-electron chi connectivity index (χ0n) is 23.1. The van der Waals surface area contributed by atoms with Crippen LogP contribution < -0.4 is 10.2 Å². The first-order chi connectivity index (χ1) is 19.0. The average Bonchev–Trinajstić information content (AvgIpc) is 3.35. The Morgan fingerprint density at radius 2 is 1.88 bits per heavy atom. The molecule has 1 aliphatic heterocycles. The number of amides is 2. The highest BCUT2D eigenvalue weighted by Crippen LogP contribution is 2.37. The van der Waals surface area contributed by atoms with Gasteiger partial charge in [-0.15, -0.1) is 0 Å². The Hall–Kier alpha value is -3.55. The molecule has 2 N–H and O–H groups in total. The van der Waals surface area contributed by atoms with Crippen molar-refractivity contribution in [2.24, 2.45) is 0 Å². The third-order valence-electron chi connectivity index (χ3n) is 6.23. The number of rotatable bonds is 6. The summed E-state index contributed by atoms with van der Waals surface area (Å²) in [4.78, 5) is 31.3. The number of hydrogen-bond acceptors (Lipinski definition) is 9. The van der Waals surface area contributed by atoms with Gasteiger partial charge in [-0.2, -0.15) is 4.98 Å². The Bertz CT molecular complexity index is 1580. The Morgan fingerprint density at radius 1 is 1.22 bits per heavy atom. The molecule has 1 aromatic heterocycles. The van der Waals surface area contributed by atoms with Crippen LogP contribution in [0.25, 0.3) is 11.5 Å². The second-order valence-electron chi connectivity index (χ2n) is 11.3. The van der Waals surface area contributed by atoms with Crippen LogP contribution in [0.2, 0.25) is 5.02 Å². The molecule has 14 heteroatoms. The van der Waals surface area contributed by atoms with Crippen molar-refractivity contribution in [2.75, 3.05) is 17.3 Å². The Kier molecular flexibility index (Phi) is 8.18. The molecular formula is C27H30ClFN4O7S. The summed E-state index contributed by atoms with van der Waals surface area (Å²) < 4.78 is 53.0. The maximum Gasteiger partial charge on any atom is 0.408 e. The van der Waals surface area contributed by atoms with E-state index in [9.17, 15) is 23.1 Å². The van der Waals surface area contributed by atoms with Crippen molar-refractivity contribution in [3.63, 3.8) is 0 Å². The van der Waals surface area contributed by atoms with Crippen molar-refractivity contribution in [1.82, 2.24) is 15.5 Å². The number of benzene rings is 2. The SMILES string of the molecule is CC(C)(C)OC(=O)N[C@H]1CS(=O)(=O)c2cc(F)c(-c3nc(C(C)(C)CO)no3)cc2N(Cc2ccc(Cl)cc2)C1=O. The molecule has 0 radical (unpaired) electrons. The van der Waals surface area contributed by atoms with E-state index in [4.69, 9.17) is 20.9 Å². The highest BCUT2D eigenvalue weighted by Gasteiger charge is 2.40. The van der Waals surface area contributed by atoms with Crippen molar-refractivity contribution in [2.45, 2.75) is 63.1 Å². The average molecular weight is 609 g/mol. The monoisotopic (exact) mass is 608 g/mol. The standard InChI is InChI=1S/C27H30ClFN4O7S/c1-26(2,3)39-25(36)30-19-13-41(37,38)21-11-18(29)17(22-31-24(32-40-22)27(4,5)14-34)10-20(21)33(23(19)35)12-15-6-8-16(28)9-7-15/h6-11,19,34H,12-14H2,1-5H3,(H,30,36)/t19-/m0/s1. The van der Waals surface area contributed by atoms with E-state index >= 15 is 4.39 Å². The van der Waals surface area contributed by atoms with Gasteiger partial charge in [0.25, 0.3) is 11.8 Å². The molecule has 0 aliphatic carbocycles. The van der Waals surface area contributed by atoms with Crippen LogP contribution >= 0.6 is 11.6 Å². The van der Waals surface area contributed by atoms with E-state index in [0.717, 1.165) is 17.0 Å². The zero-order valence-corrected chi connectivity index (χ0v) is 24.6. The van der Waals surface area contributed by atoms with Crippen molar-refractivity contribution >= 4 is 39.1 Å². The minimum absolute atomic E-state index is 0.104. The number of halogens is 2. The molecule has 2 amide bonds. The predicted molar refractivity (Wildman–Crippen MR) is 148 cm³/mol. The molecule has 220 valence electrons. The van der Waals surface area contributed by atoms with Gasteiger partial charge in [-0.1, -0.05) is 42.7 Å². The normalized spacial score (nSPS) is 17.1. The van der Waals surface area contributed by atoms with E-state index in [-0.39, 0.29) is 36.1 Å². The van der Waals surface area contributed by atoms with Gasteiger partial charge in [0.1, 0.15) is 17.5 Å². The van der Waals surface area contributed by atoms with Crippen LogP contribution in [0.4, 0.5) is 14.9 Å². The number of fused-ring (bicyclic) bond motifs is 1. The van der Waals surface area contributed by atoms with Gasteiger partial charge >= 0.3 is 6.09 Å². The summed E-state index contributed by atoms with van der Waals surface area (Å²) in [6.45, 7) is 7.73. The van der Waals surface area contributed by atoms with Crippen molar-refractivity contribution in [3.8, 4) is 11.5 Å². The number of nitrogens with zero attached hydrogens (tertiary/aromatic N) is 3. The molecule has 2 aromatic carbocycles. The van der Waals surface area contributed by atoms with E-state index in [1.165, 1.54) is 0 Å². The van der Waals surface area contributed by atoms with Gasteiger partial charge in [0.15, 0.2) is 15.7 Å². The fourth-order valence-electron chi connectivity index (χ4n) is 4.02. The summed E-state index contributed by atoms with van der Waals surface area (Å²) >= 11 is 6.01. The smallest absolute Gasteiger partial charge is 0.408 e. The van der Waals surface area contributed by atoms with Gasteiger partial charge in [-0.25, -0.2) is 17.6 Å². The van der Waals surface area contributed by atoms with Crippen molar-refractivity contribution in [3.05, 3.63) is 58.6 Å². The van der Waals surface area contributed by atoms with Gasteiger partial charge in [0, 0.05) is 5.02 Å². The molecule has 41 heavy (non-hydrogen) atoms. The minimum Gasteiger partial charge on any atom is -0.444 e. The third kappa shape index (κ3) is 6.68. The van der Waals surface area contributed by atoms with Gasteiger partial charge < -0.3 is 24.6 Å². The van der Waals surface area contributed by atoms with Crippen LogP contribution in [-0.4, -0.2) is 59.7 Å². The molecule has 1 aliphatic rings. The number of carbonyl (C=O) groups is 2. The quantitative estimate of drug-likeness (QED) is 0.423. The molecular weight excluding hydrogens is 579 g/mol. The maximum atomic E-state index is 15.5. The molecule has 0 spiro atoms. The zero-order chi connectivity index (χ0) is 30.3. The number of alkyl carbamates (subject to hydrolysis) is 1. The summed E-state index contributed by atoms with van der Waals surface area (Å²) in [6, 6.07) is 6.90. The first-order valence-corrected chi connectivity index (χ1v) is 14.6. The van der Waals surface area contributed by atoms with Gasteiger partial charge in [0.2, 0.25) is 0 Å². The topological polar surface area (TPSA) is 152 Å². The van der Waals surface area contributed by atoms with Crippen LogP contribution in [0, 0.1) is 5.82 Å². The number of hydrogen-bond donors (Lipinski definition) is 2. The van der Waals surface area contributed by atoms with Gasteiger partial charge in [-0.3, -0.25) is 4.79 Å². The van der Waals surface area contributed by atoms with E-state index < -0.39 is 55.4 Å². The van der Waals surface area contributed by atoms with Gasteiger partial charge in [0.05, 0.1) is 40.5 Å². The number of ether oxygens (including phenoxy) is 1. The third-order valence-corrected chi connectivity index (χ3v) is 8.25. The Labute approximate surface area is 241 Å². The molecule has 0 bridgehead atoms. The summed E-state index contributed by atoms with van der Waals surface area (Å²) in [7, 11) is -4.32. The van der Waals surface area contributed by atoms with Crippen molar-refractivity contribution < 1.29 is 36.8 Å². The molecule has 0 unspecified atom stereocenters. The number of carbonyl (C=O) groups excluding carboxylic acids is 2. The lowest BCUT2D eigenvalue weighted by atomic mass is 9.94. The van der Waals surface area contributed by atoms with E-state index in [0.29, 0.717) is 10.6 Å². The molecule has 0 saturated heterocycles. The minimum atomic E-state index is -4.32. The molecule has 0 saturated carbocycles. The second kappa shape index (κ2) is 11.0. The van der Waals surface area contributed by atoms with Crippen LogP contribution in [0.15, 0.2) is 45.8 Å². The lowest BCUT2D eigenvalue weighted by Gasteiger charge is -2.27. The van der Waals surface area contributed by atoms with E-state index in [1.807, 2.05) is 0 Å². The molecule has 1 atom stereocenters. The number of aliphatic hydroxyl groups is 1. The second-order valence-corrected chi connectivity index (χ2v) is 13.7. The largest absolute Gasteiger partial charge is 0.444 e. The lowest BCUT2D eigenvalue weighted by Crippen LogP contribution is -2.51. The number of aromatic nitrogens is 2. The fourth-order valence-corrected chi connectivity index (χ4v) is 5.76. The fraction of sp³-hybridized carbons (Fsp3) is 0.407. The van der Waals surface area contributed by atoms with Crippen LogP contribution in [0.5, 0.6) is 0 Å². The lowest BCUT2D eigenvalue weighted by molar-refractivity contribution is -0.120. The van der Waals surface area contributed by atoms with Crippen LogP contribution in [0.1, 0.15) is 46.0 Å². The summed E-state index contributed by atoms with van der Waals surface area (Å²) in [5, 5.41) is 16.3. The highest BCUT2D eigenvalue weighted by atomic mass is 35.5. The molecule has 0 fully saturated rings. The number of nitrogens with one attached hydrogen (secondary N) is 1. The Morgan fingerprint density at radius 3 is 2.49 bits per heavy atom. The van der Waals surface area contributed by atoms with Crippen LogP contribution in [-0.2, 0) is 31.3 Å². The predicted octanol–water partition coefficient (Wildman–Crippen LogP) is 4.01. The van der Waals surface area contributed by atoms with Crippen molar-refractivity contribution in [1.29, 1.82) is 0 Å².